The van der Waals surface area contributed by atoms with E-state index in [0.717, 1.165) is 11.5 Å². The molecule has 0 aliphatic carbocycles. The molecule has 0 fully saturated rings. The zero-order valence-corrected chi connectivity index (χ0v) is 13.2. The fourth-order valence-corrected chi connectivity index (χ4v) is 1.80. The molecule has 1 aromatic rings. The molecule has 20 heavy (non-hydrogen) atoms. The molecule has 2 N–H and O–H groups in total. The van der Waals surface area contributed by atoms with Gasteiger partial charge in [0, 0.05) is 12.6 Å². The lowest BCUT2D eigenvalue weighted by Gasteiger charge is -2.22. The molecule has 0 saturated heterocycles. The zero-order valence-electron chi connectivity index (χ0n) is 13.2. The second kappa shape index (κ2) is 6.79. The number of carbonyl (C=O) groups excluding carboxylic acids is 1. The molecule has 114 valence electrons. The first-order chi connectivity index (χ1) is 9.17. The van der Waals surface area contributed by atoms with Crippen LogP contribution in [0.15, 0.2) is 16.5 Å². The predicted octanol–water partition coefficient (Wildman–Crippen LogP) is 3.15. The molecule has 2 atom stereocenters. The van der Waals surface area contributed by atoms with Crippen LogP contribution in [0.3, 0.4) is 0 Å². The van der Waals surface area contributed by atoms with Crippen LogP contribution in [0.25, 0.3) is 0 Å². The Kier molecular flexibility index (Phi) is 5.62. The number of rotatable bonds is 5. The van der Waals surface area contributed by atoms with Crippen LogP contribution >= 0.6 is 0 Å². The molecule has 0 spiro atoms. The van der Waals surface area contributed by atoms with Crippen molar-refractivity contribution in [2.24, 2.45) is 0 Å². The van der Waals surface area contributed by atoms with Crippen LogP contribution in [0.5, 0.6) is 0 Å². The van der Waals surface area contributed by atoms with Crippen molar-refractivity contribution < 1.29 is 13.9 Å². The molecule has 0 bridgehead atoms. The van der Waals surface area contributed by atoms with Crippen molar-refractivity contribution in [3.8, 4) is 0 Å². The Bertz CT molecular complexity index is 435. The van der Waals surface area contributed by atoms with Crippen molar-refractivity contribution in [2.45, 2.75) is 59.2 Å². The zero-order chi connectivity index (χ0) is 15.3. The number of hydrogen-bond donors (Lipinski definition) is 2. The van der Waals surface area contributed by atoms with Gasteiger partial charge in [-0.05, 0) is 53.7 Å². The molecule has 0 radical (unpaired) electrons. The summed E-state index contributed by atoms with van der Waals surface area (Å²) in [4.78, 5) is 11.5. The number of amides is 1. The molecule has 1 heterocycles. The van der Waals surface area contributed by atoms with Crippen LogP contribution in [-0.2, 0) is 4.74 Å². The van der Waals surface area contributed by atoms with Gasteiger partial charge in [0.15, 0.2) is 0 Å². The maximum Gasteiger partial charge on any atom is 0.407 e. The lowest BCUT2D eigenvalue weighted by molar-refractivity contribution is 0.0522. The van der Waals surface area contributed by atoms with Gasteiger partial charge in [-0.25, -0.2) is 4.79 Å². The average Bonchev–Trinajstić information content (AvgIpc) is 2.71. The van der Waals surface area contributed by atoms with Gasteiger partial charge in [-0.1, -0.05) is 0 Å². The van der Waals surface area contributed by atoms with E-state index >= 15 is 0 Å². The van der Waals surface area contributed by atoms with E-state index < -0.39 is 11.7 Å². The van der Waals surface area contributed by atoms with Crippen molar-refractivity contribution in [3.63, 3.8) is 0 Å². The van der Waals surface area contributed by atoms with Gasteiger partial charge in [-0.3, -0.25) is 0 Å². The third-order valence-corrected chi connectivity index (χ3v) is 2.67. The smallest absolute Gasteiger partial charge is 0.407 e. The Morgan fingerprint density at radius 2 is 2.00 bits per heavy atom. The fourth-order valence-electron chi connectivity index (χ4n) is 1.80. The largest absolute Gasteiger partial charge is 0.465 e. The Morgan fingerprint density at radius 1 is 1.35 bits per heavy atom. The summed E-state index contributed by atoms with van der Waals surface area (Å²) in [6.07, 6.45) is -0.396. The highest BCUT2D eigenvalue weighted by Crippen LogP contribution is 2.15. The van der Waals surface area contributed by atoms with Gasteiger partial charge in [0.05, 0.1) is 6.04 Å². The molecule has 5 heteroatoms. The van der Waals surface area contributed by atoms with Crippen LogP contribution in [0.4, 0.5) is 4.79 Å². The number of furan rings is 1. The van der Waals surface area contributed by atoms with Crippen molar-refractivity contribution in [1.82, 2.24) is 10.6 Å². The minimum Gasteiger partial charge on any atom is -0.465 e. The number of ether oxygens (including phenoxy) is 1. The number of nitrogens with one attached hydrogen (secondary N) is 2. The number of alkyl carbamates (subject to hydrolysis) is 1. The standard InChI is InChI=1S/C15H26N2O3/c1-10(9-16-14(18)20-15(4,5)6)17-12(3)13-8-7-11(2)19-13/h7-8,10,12,17H,9H2,1-6H3,(H,16,18). The third kappa shape index (κ3) is 6.10. The number of aryl methyl sites for hydroxylation is 1. The number of carbonyl (C=O) groups is 1. The van der Waals surface area contributed by atoms with E-state index in [1.54, 1.807) is 0 Å². The van der Waals surface area contributed by atoms with Gasteiger partial charge in [-0.15, -0.1) is 0 Å². The first-order valence-electron chi connectivity index (χ1n) is 6.96. The first-order valence-corrected chi connectivity index (χ1v) is 6.96. The van der Waals surface area contributed by atoms with Crippen LogP contribution in [-0.4, -0.2) is 24.3 Å². The van der Waals surface area contributed by atoms with Crippen molar-refractivity contribution in [3.05, 3.63) is 23.7 Å². The summed E-state index contributed by atoms with van der Waals surface area (Å²) in [6.45, 7) is 12.0. The lowest BCUT2D eigenvalue weighted by atomic mass is 10.2. The van der Waals surface area contributed by atoms with Gasteiger partial charge in [-0.2, -0.15) is 0 Å². The van der Waals surface area contributed by atoms with E-state index in [2.05, 4.69) is 10.6 Å². The van der Waals surface area contributed by atoms with Crippen LogP contribution in [0.2, 0.25) is 0 Å². The maximum atomic E-state index is 11.5. The predicted molar refractivity (Wildman–Crippen MR) is 78.7 cm³/mol. The molecule has 1 rings (SSSR count). The Morgan fingerprint density at radius 3 is 2.50 bits per heavy atom. The minimum atomic E-state index is -0.472. The summed E-state index contributed by atoms with van der Waals surface area (Å²) in [5, 5.41) is 6.11. The summed E-state index contributed by atoms with van der Waals surface area (Å²) in [6, 6.07) is 4.11. The SMILES string of the molecule is Cc1ccc(C(C)NC(C)CNC(=O)OC(C)(C)C)o1. The minimum absolute atomic E-state index is 0.0964. The molecule has 5 nitrogen and oxygen atoms in total. The molecule has 2 unspecified atom stereocenters. The molecule has 0 aliphatic rings. The number of hydrogen-bond acceptors (Lipinski definition) is 4. The van der Waals surface area contributed by atoms with E-state index in [9.17, 15) is 4.79 Å². The molecule has 1 amide bonds. The van der Waals surface area contributed by atoms with Crippen molar-refractivity contribution in [2.75, 3.05) is 6.54 Å². The van der Waals surface area contributed by atoms with Crippen molar-refractivity contribution >= 4 is 6.09 Å². The van der Waals surface area contributed by atoms with E-state index in [0.29, 0.717) is 6.54 Å². The highest BCUT2D eigenvalue weighted by molar-refractivity contribution is 5.67. The molecular weight excluding hydrogens is 256 g/mol. The summed E-state index contributed by atoms with van der Waals surface area (Å²) < 4.78 is 10.7. The van der Waals surface area contributed by atoms with Gasteiger partial charge in [0.25, 0.3) is 0 Å². The van der Waals surface area contributed by atoms with E-state index in [4.69, 9.17) is 9.15 Å². The van der Waals surface area contributed by atoms with Gasteiger partial charge in [0.1, 0.15) is 17.1 Å². The Hall–Kier alpha value is -1.49. The molecule has 1 aromatic heterocycles. The average molecular weight is 282 g/mol. The first kappa shape index (κ1) is 16.6. The van der Waals surface area contributed by atoms with Crippen LogP contribution in [0.1, 0.15) is 52.2 Å². The van der Waals surface area contributed by atoms with E-state index in [1.807, 2.05) is 53.7 Å². The lowest BCUT2D eigenvalue weighted by Crippen LogP contribution is -2.41. The second-order valence-corrected chi connectivity index (χ2v) is 6.12. The topological polar surface area (TPSA) is 63.5 Å². The fraction of sp³-hybridized carbons (Fsp3) is 0.667. The van der Waals surface area contributed by atoms with E-state index in [-0.39, 0.29) is 12.1 Å². The monoisotopic (exact) mass is 282 g/mol. The summed E-state index contributed by atoms with van der Waals surface area (Å²) >= 11 is 0. The normalized spacial score (nSPS) is 14.7. The van der Waals surface area contributed by atoms with Crippen LogP contribution in [0, 0.1) is 6.92 Å². The summed E-state index contributed by atoms with van der Waals surface area (Å²) in [7, 11) is 0. The van der Waals surface area contributed by atoms with Gasteiger partial charge < -0.3 is 19.8 Å². The highest BCUT2D eigenvalue weighted by Gasteiger charge is 2.17. The van der Waals surface area contributed by atoms with Gasteiger partial charge in [0.2, 0.25) is 0 Å². The summed E-state index contributed by atoms with van der Waals surface area (Å²) in [5.74, 6) is 1.79. The van der Waals surface area contributed by atoms with Crippen LogP contribution < -0.4 is 10.6 Å². The second-order valence-electron chi connectivity index (χ2n) is 6.12. The molecule has 0 aliphatic heterocycles. The molecular formula is C15H26N2O3. The Labute approximate surface area is 121 Å². The summed E-state index contributed by atoms with van der Waals surface area (Å²) in [5.41, 5.74) is -0.472. The molecule has 0 aromatic carbocycles. The van der Waals surface area contributed by atoms with E-state index in [1.165, 1.54) is 0 Å². The quantitative estimate of drug-likeness (QED) is 0.870. The highest BCUT2D eigenvalue weighted by atomic mass is 16.6. The third-order valence-electron chi connectivity index (χ3n) is 2.67. The molecule has 0 saturated carbocycles. The Balaban J connectivity index is 2.33. The van der Waals surface area contributed by atoms with Gasteiger partial charge >= 0.3 is 6.09 Å². The maximum absolute atomic E-state index is 11.5. The van der Waals surface area contributed by atoms with Crippen molar-refractivity contribution in [1.29, 1.82) is 0 Å².